The van der Waals surface area contributed by atoms with E-state index < -0.39 is 17.6 Å². The number of piperazine rings is 1. The second-order valence-electron chi connectivity index (χ2n) is 13.0. The van der Waals surface area contributed by atoms with Crippen molar-refractivity contribution in [2.24, 2.45) is 11.7 Å². The number of alkyl halides is 2. The Hall–Kier alpha value is -2.50. The predicted octanol–water partition coefficient (Wildman–Crippen LogP) is 3.95. The minimum atomic E-state index is -2.71. The van der Waals surface area contributed by atoms with Crippen molar-refractivity contribution in [3.8, 4) is 0 Å². The van der Waals surface area contributed by atoms with Crippen LogP contribution in [0.15, 0.2) is 48.7 Å². The number of halogens is 2. The quantitative estimate of drug-likeness (QED) is 0.201. The van der Waals surface area contributed by atoms with Gasteiger partial charge in [-0.1, -0.05) is 36.4 Å². The third-order valence-corrected chi connectivity index (χ3v) is 9.76. The summed E-state index contributed by atoms with van der Waals surface area (Å²) in [5, 5.41) is 18.5. The number of carbonyl (C=O) groups is 1. The highest BCUT2D eigenvalue weighted by Crippen LogP contribution is 2.37. The van der Waals surface area contributed by atoms with Gasteiger partial charge in [0.25, 0.3) is 0 Å². The van der Waals surface area contributed by atoms with Crippen LogP contribution in [0.3, 0.4) is 0 Å². The normalized spacial score (nSPS) is 24.0. The Kier molecular flexibility index (Phi) is 11.4. The van der Waals surface area contributed by atoms with E-state index in [1.165, 1.54) is 11.3 Å². The molecule has 1 aromatic carbocycles. The van der Waals surface area contributed by atoms with Gasteiger partial charge in [-0.2, -0.15) is 0 Å². The largest absolute Gasteiger partial charge is 0.367 e. The highest BCUT2D eigenvalue weighted by atomic mass is 19.3. The Morgan fingerprint density at radius 3 is 2.73 bits per heavy atom. The van der Waals surface area contributed by atoms with Gasteiger partial charge in [-0.3, -0.25) is 14.7 Å². The summed E-state index contributed by atoms with van der Waals surface area (Å²) in [5.41, 5.74) is 7.44. The molecule has 3 aliphatic rings. The number of aliphatic hydroxyl groups is 1. The Morgan fingerprint density at radius 1 is 1.16 bits per heavy atom. The number of carbonyl (C=O) groups excluding carboxylic acids is 1. The van der Waals surface area contributed by atoms with Gasteiger partial charge < -0.3 is 26.4 Å². The first-order valence-corrected chi connectivity index (χ1v) is 16.6. The number of nitrogens with one attached hydrogen (secondary N) is 2. The molecule has 10 heteroatoms. The third kappa shape index (κ3) is 8.60. The van der Waals surface area contributed by atoms with Crippen molar-refractivity contribution < 1.29 is 18.7 Å². The molecule has 2 heterocycles. The van der Waals surface area contributed by atoms with Crippen LogP contribution in [0.5, 0.6) is 0 Å². The summed E-state index contributed by atoms with van der Waals surface area (Å²) >= 11 is 0. The van der Waals surface area contributed by atoms with Crippen LogP contribution in [0.1, 0.15) is 80.7 Å². The predicted molar refractivity (Wildman–Crippen MR) is 168 cm³/mol. The molecule has 1 unspecified atom stereocenters. The zero-order chi connectivity index (χ0) is 31.0. The number of aromatic nitrogens is 1. The first-order chi connectivity index (χ1) is 21.3. The minimum Gasteiger partial charge on any atom is -0.367 e. The summed E-state index contributed by atoms with van der Waals surface area (Å²) in [6.45, 7) is 5.66. The molecule has 0 spiro atoms. The van der Waals surface area contributed by atoms with E-state index in [9.17, 15) is 18.7 Å². The maximum Gasteiger partial charge on any atom is 0.248 e. The fourth-order valence-corrected chi connectivity index (χ4v) is 7.20. The second kappa shape index (κ2) is 15.2. The Morgan fingerprint density at radius 2 is 1.95 bits per heavy atom. The molecule has 2 fully saturated rings. The van der Waals surface area contributed by atoms with Crippen molar-refractivity contribution in [1.29, 1.82) is 0 Å². The number of nitrogens with two attached hydrogens (primary N) is 1. The third-order valence-electron chi connectivity index (χ3n) is 9.76. The number of unbranched alkanes of at least 4 members (excludes halogenated alkanes) is 1. The molecule has 3 atom stereocenters. The van der Waals surface area contributed by atoms with Crippen LogP contribution in [0.2, 0.25) is 0 Å². The van der Waals surface area contributed by atoms with Gasteiger partial charge in [-0.05, 0) is 69.7 Å². The highest BCUT2D eigenvalue weighted by Gasteiger charge is 2.40. The van der Waals surface area contributed by atoms with Gasteiger partial charge in [-0.15, -0.1) is 0 Å². The first kappa shape index (κ1) is 32.9. The molecule has 5 N–H and O–H groups in total. The number of fused-ring (bicyclic) bond motifs is 1. The maximum absolute atomic E-state index is 13.7. The molecular formula is C34H50F2N6O2. The van der Waals surface area contributed by atoms with E-state index in [4.69, 9.17) is 10.7 Å². The summed E-state index contributed by atoms with van der Waals surface area (Å²) in [6.07, 6.45) is 7.29. The fraction of sp³-hybridized carbons (Fsp3) is 0.647. The van der Waals surface area contributed by atoms with Crippen LogP contribution in [-0.2, 0) is 16.9 Å². The number of rotatable bonds is 13. The summed E-state index contributed by atoms with van der Waals surface area (Å²) in [4.78, 5) is 23.0. The number of benzene rings is 1. The molecule has 1 saturated heterocycles. The summed E-state index contributed by atoms with van der Waals surface area (Å²) < 4.78 is 27.5. The van der Waals surface area contributed by atoms with Crippen molar-refractivity contribution in [2.75, 3.05) is 45.8 Å². The van der Waals surface area contributed by atoms with E-state index in [-0.39, 0.29) is 37.6 Å². The minimum absolute atomic E-state index is 0.131. The average molecular weight is 613 g/mol. The van der Waals surface area contributed by atoms with E-state index in [1.54, 1.807) is 0 Å². The Labute approximate surface area is 260 Å². The lowest BCUT2D eigenvalue weighted by Gasteiger charge is -2.41. The van der Waals surface area contributed by atoms with Crippen LogP contribution in [0.25, 0.3) is 0 Å². The summed E-state index contributed by atoms with van der Waals surface area (Å²) in [7, 11) is 0. The van der Waals surface area contributed by atoms with Crippen molar-refractivity contribution in [3.63, 3.8) is 0 Å². The van der Waals surface area contributed by atoms with Crippen molar-refractivity contribution in [1.82, 2.24) is 25.4 Å². The standard InChI is InChI=1S/C34H50F2N6O2/c35-33(36)15-13-27(14-16-33)32(43)40-34(44,28-10-2-1-3-11-28)17-22-41-23-20-38-29(24-41)25-42(21-5-4-18-37)30-12-6-8-26-9-7-19-39-31(26)30/h1-3,7,9-11,19,27,29-30,38,44H,4-6,8,12-18,20-25,37H2,(H,40,43)/t29-,30+,34?/m1/s1. The number of pyridine rings is 1. The molecule has 5 rings (SSSR count). The van der Waals surface area contributed by atoms with Gasteiger partial charge in [0.05, 0.1) is 11.7 Å². The number of hydrogen-bond donors (Lipinski definition) is 4. The molecule has 44 heavy (non-hydrogen) atoms. The number of aryl methyl sites for hydroxylation is 1. The highest BCUT2D eigenvalue weighted by molar-refractivity contribution is 5.79. The van der Waals surface area contributed by atoms with E-state index >= 15 is 0 Å². The topological polar surface area (TPSA) is 107 Å². The molecule has 2 aliphatic carbocycles. The molecule has 1 saturated carbocycles. The van der Waals surface area contributed by atoms with Gasteiger partial charge in [-0.25, -0.2) is 8.78 Å². The van der Waals surface area contributed by atoms with E-state index in [0.29, 0.717) is 31.1 Å². The zero-order valence-electron chi connectivity index (χ0n) is 25.9. The smallest absolute Gasteiger partial charge is 0.248 e. The Balaban J connectivity index is 1.23. The van der Waals surface area contributed by atoms with Gasteiger partial charge >= 0.3 is 0 Å². The molecule has 2 aromatic rings. The lowest BCUT2D eigenvalue weighted by molar-refractivity contribution is -0.138. The lowest BCUT2D eigenvalue weighted by Crippen LogP contribution is -2.57. The summed E-state index contributed by atoms with van der Waals surface area (Å²) in [6, 6.07) is 14.0. The molecule has 1 aliphatic heterocycles. The van der Waals surface area contributed by atoms with E-state index in [0.717, 1.165) is 64.8 Å². The molecular weight excluding hydrogens is 562 g/mol. The number of nitrogens with zero attached hydrogens (tertiary/aromatic N) is 3. The first-order valence-electron chi connectivity index (χ1n) is 16.6. The van der Waals surface area contributed by atoms with Crippen molar-refractivity contribution >= 4 is 5.91 Å². The molecule has 1 amide bonds. The number of hydrogen-bond acceptors (Lipinski definition) is 7. The van der Waals surface area contributed by atoms with Crippen LogP contribution in [-0.4, -0.2) is 83.6 Å². The lowest BCUT2D eigenvalue weighted by atomic mass is 9.85. The molecule has 1 aromatic heterocycles. The Bertz CT molecular complexity index is 1190. The molecule has 8 nitrogen and oxygen atoms in total. The average Bonchev–Trinajstić information content (AvgIpc) is 3.04. The summed E-state index contributed by atoms with van der Waals surface area (Å²) in [5.74, 6) is -3.57. The van der Waals surface area contributed by atoms with Crippen LogP contribution in [0.4, 0.5) is 8.78 Å². The van der Waals surface area contributed by atoms with Gasteiger partial charge in [0, 0.05) is 75.7 Å². The van der Waals surface area contributed by atoms with Crippen LogP contribution in [0, 0.1) is 5.92 Å². The van der Waals surface area contributed by atoms with Gasteiger partial charge in [0.15, 0.2) is 5.72 Å². The number of amides is 1. The SMILES string of the molecule is NCCCCN(C[C@H]1CN(CCC(O)(NC(=O)C2CCC(F)(F)CC2)c2ccccc2)CCN1)[C@H]1CCCc2cccnc21. The monoisotopic (exact) mass is 612 g/mol. The van der Waals surface area contributed by atoms with Crippen LogP contribution >= 0.6 is 0 Å². The van der Waals surface area contributed by atoms with Crippen molar-refractivity contribution in [2.45, 2.75) is 87.9 Å². The van der Waals surface area contributed by atoms with Crippen molar-refractivity contribution in [3.05, 3.63) is 65.5 Å². The van der Waals surface area contributed by atoms with Gasteiger partial charge in [0.2, 0.25) is 11.8 Å². The molecule has 0 radical (unpaired) electrons. The molecule has 242 valence electrons. The fourth-order valence-electron chi connectivity index (χ4n) is 7.20. The van der Waals surface area contributed by atoms with E-state index in [1.807, 2.05) is 42.6 Å². The zero-order valence-corrected chi connectivity index (χ0v) is 25.9. The van der Waals surface area contributed by atoms with Gasteiger partial charge in [0.1, 0.15) is 0 Å². The molecule has 0 bridgehead atoms. The van der Waals surface area contributed by atoms with E-state index in [2.05, 4.69) is 26.5 Å². The van der Waals surface area contributed by atoms with Crippen LogP contribution < -0.4 is 16.4 Å². The second-order valence-corrected chi connectivity index (χ2v) is 13.0. The maximum atomic E-state index is 13.7.